The highest BCUT2D eigenvalue weighted by Gasteiger charge is 2.35. The predicted octanol–water partition coefficient (Wildman–Crippen LogP) is 2.19. The second-order valence-corrected chi connectivity index (χ2v) is 6.80. The Morgan fingerprint density at radius 2 is 2.15 bits per heavy atom. The Bertz CT molecular complexity index is 462. The second kappa shape index (κ2) is 5.05. The first-order valence-electron chi connectivity index (χ1n) is 8.12. The molecule has 2 saturated heterocycles. The van der Waals surface area contributed by atoms with Crippen molar-refractivity contribution in [1.29, 1.82) is 0 Å². The van der Waals surface area contributed by atoms with Crippen LogP contribution in [0, 0.1) is 0 Å². The first-order valence-corrected chi connectivity index (χ1v) is 8.12. The number of para-hydroxylation sites is 1. The number of hydrogen-bond donors (Lipinski definition) is 1. The molecule has 3 heteroatoms. The molecule has 3 aliphatic rings. The first kappa shape index (κ1) is 12.7. The predicted molar refractivity (Wildman–Crippen MR) is 83.2 cm³/mol. The molecule has 0 aliphatic carbocycles. The lowest BCUT2D eigenvalue weighted by Gasteiger charge is -2.43. The third kappa shape index (κ3) is 2.23. The molecule has 0 saturated carbocycles. The van der Waals surface area contributed by atoms with Gasteiger partial charge in [0, 0.05) is 43.4 Å². The van der Waals surface area contributed by atoms with Crippen LogP contribution >= 0.6 is 0 Å². The number of nitrogens with one attached hydrogen (secondary N) is 1. The van der Waals surface area contributed by atoms with Gasteiger partial charge in [0.1, 0.15) is 0 Å². The molecule has 108 valence electrons. The molecule has 0 aromatic heterocycles. The van der Waals surface area contributed by atoms with E-state index in [1.54, 1.807) is 0 Å². The summed E-state index contributed by atoms with van der Waals surface area (Å²) >= 11 is 0. The SMILES string of the molecule is CC1CN2CCCC2CN1CC1Cc2ccccc2N1. The maximum absolute atomic E-state index is 3.71. The molecule has 0 spiro atoms. The van der Waals surface area contributed by atoms with Gasteiger partial charge in [-0.15, -0.1) is 0 Å². The quantitative estimate of drug-likeness (QED) is 0.889. The zero-order chi connectivity index (χ0) is 13.5. The molecule has 3 atom stereocenters. The zero-order valence-electron chi connectivity index (χ0n) is 12.4. The molecule has 1 aromatic rings. The molecule has 3 unspecified atom stereocenters. The largest absolute Gasteiger partial charge is 0.380 e. The Balaban J connectivity index is 1.40. The van der Waals surface area contributed by atoms with Gasteiger partial charge in [-0.2, -0.15) is 0 Å². The third-order valence-corrected chi connectivity index (χ3v) is 5.36. The van der Waals surface area contributed by atoms with E-state index in [1.807, 2.05) is 0 Å². The number of rotatable bonds is 2. The Kier molecular flexibility index (Phi) is 3.20. The number of piperazine rings is 1. The van der Waals surface area contributed by atoms with Gasteiger partial charge in [0.2, 0.25) is 0 Å². The van der Waals surface area contributed by atoms with Crippen LogP contribution in [0.25, 0.3) is 0 Å². The van der Waals surface area contributed by atoms with Gasteiger partial charge in [-0.1, -0.05) is 18.2 Å². The van der Waals surface area contributed by atoms with Crippen LogP contribution in [0.2, 0.25) is 0 Å². The van der Waals surface area contributed by atoms with Crippen LogP contribution in [0.1, 0.15) is 25.3 Å². The van der Waals surface area contributed by atoms with Crippen molar-refractivity contribution in [3.05, 3.63) is 29.8 Å². The minimum atomic E-state index is 0.600. The molecule has 1 aromatic carbocycles. The Hall–Kier alpha value is -1.06. The van der Waals surface area contributed by atoms with Gasteiger partial charge >= 0.3 is 0 Å². The molecule has 20 heavy (non-hydrogen) atoms. The summed E-state index contributed by atoms with van der Waals surface area (Å²) in [6, 6.07) is 10.9. The van der Waals surface area contributed by atoms with Crippen molar-refractivity contribution >= 4 is 5.69 Å². The van der Waals surface area contributed by atoms with Crippen molar-refractivity contribution in [2.24, 2.45) is 0 Å². The fraction of sp³-hybridized carbons (Fsp3) is 0.647. The van der Waals surface area contributed by atoms with Crippen LogP contribution in [0.15, 0.2) is 24.3 Å². The number of anilines is 1. The van der Waals surface area contributed by atoms with E-state index in [2.05, 4.69) is 46.3 Å². The summed E-state index contributed by atoms with van der Waals surface area (Å²) in [7, 11) is 0. The number of hydrogen-bond acceptors (Lipinski definition) is 3. The normalized spacial score (nSPS) is 33.8. The second-order valence-electron chi connectivity index (χ2n) is 6.80. The summed E-state index contributed by atoms with van der Waals surface area (Å²) in [4.78, 5) is 5.42. The summed E-state index contributed by atoms with van der Waals surface area (Å²) in [5.41, 5.74) is 2.84. The van der Waals surface area contributed by atoms with Crippen LogP contribution in [0.3, 0.4) is 0 Å². The number of benzene rings is 1. The summed E-state index contributed by atoms with van der Waals surface area (Å²) in [5.74, 6) is 0. The molecule has 0 amide bonds. The maximum Gasteiger partial charge on any atom is 0.0429 e. The van der Waals surface area contributed by atoms with Crippen molar-refractivity contribution < 1.29 is 0 Å². The molecule has 1 N–H and O–H groups in total. The van der Waals surface area contributed by atoms with Crippen molar-refractivity contribution in [2.45, 2.75) is 44.3 Å². The fourth-order valence-electron chi connectivity index (χ4n) is 4.27. The maximum atomic E-state index is 3.71. The molecule has 3 aliphatic heterocycles. The minimum Gasteiger partial charge on any atom is -0.380 e. The molecular weight excluding hydrogens is 246 g/mol. The van der Waals surface area contributed by atoms with E-state index >= 15 is 0 Å². The van der Waals surface area contributed by atoms with E-state index in [0.717, 1.165) is 6.04 Å². The molecule has 4 rings (SSSR count). The monoisotopic (exact) mass is 271 g/mol. The molecule has 2 fully saturated rings. The first-order chi connectivity index (χ1) is 9.79. The lowest BCUT2D eigenvalue weighted by Crippen LogP contribution is -2.56. The standard InChI is InChI=1S/C17H25N3/c1-13-10-19-8-4-6-16(19)12-20(13)11-15-9-14-5-2-3-7-17(14)18-15/h2-3,5,7,13,15-16,18H,4,6,8-12H2,1H3. The van der Waals surface area contributed by atoms with Crippen LogP contribution in [-0.4, -0.2) is 54.1 Å². The fourth-order valence-corrected chi connectivity index (χ4v) is 4.27. The van der Waals surface area contributed by atoms with Crippen LogP contribution < -0.4 is 5.32 Å². The summed E-state index contributed by atoms with van der Waals surface area (Å²) < 4.78 is 0. The third-order valence-electron chi connectivity index (χ3n) is 5.36. The molecule has 3 heterocycles. The van der Waals surface area contributed by atoms with Crippen molar-refractivity contribution in [3.63, 3.8) is 0 Å². The average Bonchev–Trinajstić information content (AvgIpc) is 3.04. The van der Waals surface area contributed by atoms with Gasteiger partial charge in [-0.25, -0.2) is 0 Å². The summed E-state index contributed by atoms with van der Waals surface area (Å²) in [6.45, 7) is 7.47. The van der Waals surface area contributed by atoms with Crippen LogP contribution in [-0.2, 0) is 6.42 Å². The van der Waals surface area contributed by atoms with Crippen LogP contribution in [0.4, 0.5) is 5.69 Å². The van der Waals surface area contributed by atoms with Gasteiger partial charge in [-0.3, -0.25) is 9.80 Å². The van der Waals surface area contributed by atoms with E-state index in [0.29, 0.717) is 12.1 Å². The molecule has 3 nitrogen and oxygen atoms in total. The number of fused-ring (bicyclic) bond motifs is 2. The Morgan fingerprint density at radius 1 is 1.25 bits per heavy atom. The van der Waals surface area contributed by atoms with Crippen LogP contribution in [0.5, 0.6) is 0 Å². The highest BCUT2D eigenvalue weighted by atomic mass is 15.3. The van der Waals surface area contributed by atoms with E-state index in [-0.39, 0.29) is 0 Å². The van der Waals surface area contributed by atoms with E-state index in [4.69, 9.17) is 0 Å². The summed E-state index contributed by atoms with van der Waals surface area (Å²) in [6.07, 6.45) is 3.99. The lowest BCUT2D eigenvalue weighted by molar-refractivity contribution is 0.0571. The van der Waals surface area contributed by atoms with Crippen molar-refractivity contribution in [1.82, 2.24) is 9.80 Å². The smallest absolute Gasteiger partial charge is 0.0429 e. The average molecular weight is 271 g/mol. The topological polar surface area (TPSA) is 18.5 Å². The van der Waals surface area contributed by atoms with Gasteiger partial charge in [-0.05, 0) is 44.4 Å². The minimum absolute atomic E-state index is 0.600. The summed E-state index contributed by atoms with van der Waals surface area (Å²) in [5, 5.41) is 3.71. The molecule has 0 bridgehead atoms. The Labute approximate surface area is 121 Å². The Morgan fingerprint density at radius 3 is 3.05 bits per heavy atom. The molecule has 0 radical (unpaired) electrons. The highest BCUT2D eigenvalue weighted by molar-refractivity contribution is 5.56. The highest BCUT2D eigenvalue weighted by Crippen LogP contribution is 2.28. The van der Waals surface area contributed by atoms with Gasteiger partial charge in [0.05, 0.1) is 0 Å². The molecular formula is C17H25N3. The van der Waals surface area contributed by atoms with E-state index in [9.17, 15) is 0 Å². The lowest BCUT2D eigenvalue weighted by atomic mass is 10.1. The zero-order valence-corrected chi connectivity index (χ0v) is 12.4. The van der Waals surface area contributed by atoms with Gasteiger partial charge in [0.25, 0.3) is 0 Å². The van der Waals surface area contributed by atoms with Crippen molar-refractivity contribution in [2.75, 3.05) is 31.5 Å². The van der Waals surface area contributed by atoms with Gasteiger partial charge in [0.15, 0.2) is 0 Å². The van der Waals surface area contributed by atoms with E-state index < -0.39 is 0 Å². The van der Waals surface area contributed by atoms with E-state index in [1.165, 1.54) is 56.7 Å². The van der Waals surface area contributed by atoms with Gasteiger partial charge < -0.3 is 5.32 Å². The van der Waals surface area contributed by atoms with Crippen molar-refractivity contribution in [3.8, 4) is 0 Å². The number of nitrogens with zero attached hydrogens (tertiary/aromatic N) is 2.